The highest BCUT2D eigenvalue weighted by Crippen LogP contribution is 2.43. The van der Waals surface area contributed by atoms with Crippen LogP contribution in [0.2, 0.25) is 0 Å². The van der Waals surface area contributed by atoms with E-state index in [1.54, 1.807) is 7.05 Å². The third kappa shape index (κ3) is 8.95. The molecule has 0 spiro atoms. The Morgan fingerprint density at radius 1 is 0.783 bits per heavy atom. The minimum Gasteiger partial charge on any atom is -0.505 e. The molecule has 0 aliphatic carbocycles. The smallest absolute Gasteiger partial charge is 0.216 e. The third-order valence-corrected chi connectivity index (χ3v) is 10.1. The lowest BCUT2D eigenvalue weighted by atomic mass is 9.98. The number of nitrogens with one attached hydrogen (secondary N) is 2. The number of aryl methyl sites for hydroxylation is 1. The van der Waals surface area contributed by atoms with Gasteiger partial charge in [-0.2, -0.15) is 15.3 Å². The average Bonchev–Trinajstić information content (AvgIpc) is 3.26. The standard InChI is InChI=1S/C49H46N8O3/c1-6-13-34(18-12-23-52-54-47-44-28-38-17-11-9-15-36(38)26-40(44)29-42(48(47)58)32(4)51-7-2)49(56-50-5)60-30-33-19-21-41(22-20-33)53-55-46-43-27-37-16-10-8-14-35(37)25-39(43)24-31(3)45(46)57-59/h6,8-22,24-29,34,50-51,58H,4,7,23,30H2,1-3,5H3/b13-6?,18-12-,54-52?,55-53?,56-49-. The second-order valence-electron chi connectivity index (χ2n) is 14.2. The van der Waals surface area contributed by atoms with Crippen molar-refractivity contribution < 1.29 is 9.84 Å². The van der Waals surface area contributed by atoms with Crippen molar-refractivity contribution >= 4 is 77.4 Å². The summed E-state index contributed by atoms with van der Waals surface area (Å²) in [6.07, 6.45) is 7.76. The van der Waals surface area contributed by atoms with E-state index in [1.165, 1.54) is 0 Å². The number of hydrogen-bond acceptors (Lipinski definition) is 11. The van der Waals surface area contributed by atoms with Crippen LogP contribution in [0.25, 0.3) is 48.8 Å². The minimum atomic E-state index is -0.292. The van der Waals surface area contributed by atoms with E-state index in [-0.39, 0.29) is 30.5 Å². The molecule has 0 aromatic heterocycles. The van der Waals surface area contributed by atoms with Gasteiger partial charge in [0, 0.05) is 35.6 Å². The molecule has 11 heteroatoms. The molecule has 0 amide bonds. The molecular weight excluding hydrogens is 749 g/mol. The average molecular weight is 795 g/mol. The molecule has 11 nitrogen and oxygen atoms in total. The van der Waals surface area contributed by atoms with E-state index in [2.05, 4.69) is 72.3 Å². The number of nitrogens with zero attached hydrogens (tertiary/aromatic N) is 6. The van der Waals surface area contributed by atoms with Gasteiger partial charge in [0.25, 0.3) is 0 Å². The summed E-state index contributed by atoms with van der Waals surface area (Å²) >= 11 is 0. The van der Waals surface area contributed by atoms with Gasteiger partial charge in [0.1, 0.15) is 23.7 Å². The number of allylic oxidation sites excluding steroid dienone is 1. The fourth-order valence-electron chi connectivity index (χ4n) is 7.16. The predicted octanol–water partition coefficient (Wildman–Crippen LogP) is 13.3. The van der Waals surface area contributed by atoms with Gasteiger partial charge in [-0.3, -0.25) is 0 Å². The largest absolute Gasteiger partial charge is 0.505 e. The molecule has 1 unspecified atom stereocenters. The maximum Gasteiger partial charge on any atom is 0.216 e. The maximum atomic E-state index is 11.9. The Hall–Kier alpha value is -7.53. The first-order chi connectivity index (χ1) is 29.3. The Labute approximate surface area is 348 Å². The van der Waals surface area contributed by atoms with Crippen LogP contribution in [0, 0.1) is 17.7 Å². The second kappa shape index (κ2) is 18.8. The Bertz CT molecular complexity index is 2880. The van der Waals surface area contributed by atoms with Crippen LogP contribution >= 0.6 is 0 Å². The van der Waals surface area contributed by atoms with E-state index in [0.717, 1.165) is 54.2 Å². The number of azo groups is 2. The molecule has 0 heterocycles. The predicted molar refractivity (Wildman–Crippen MR) is 246 cm³/mol. The van der Waals surface area contributed by atoms with E-state index < -0.39 is 0 Å². The van der Waals surface area contributed by atoms with E-state index in [4.69, 9.17) is 4.74 Å². The van der Waals surface area contributed by atoms with Crippen molar-refractivity contribution in [3.63, 3.8) is 0 Å². The zero-order valence-corrected chi connectivity index (χ0v) is 34.1. The number of hydrogen-bond donors (Lipinski definition) is 3. The van der Waals surface area contributed by atoms with Crippen molar-refractivity contribution in [2.75, 3.05) is 20.1 Å². The van der Waals surface area contributed by atoms with Gasteiger partial charge in [-0.25, -0.2) is 0 Å². The number of nitroso groups, excluding NO2 is 1. The molecule has 7 aromatic carbocycles. The summed E-state index contributed by atoms with van der Waals surface area (Å²) < 4.78 is 6.24. The Kier molecular flexibility index (Phi) is 12.8. The SMILES string of the molecule is C=C(NCC)c1cc2cc3ccccc3cc2c(N=NC/C=C\C(C=CC)/C(=N/NC)OCc2ccc(N=Nc3c(N=O)c(C)cc4cc5ccccc5cc34)cc2)c1O. The third-order valence-electron chi connectivity index (χ3n) is 10.1. The molecule has 0 aliphatic heterocycles. The van der Waals surface area contributed by atoms with Crippen molar-refractivity contribution in [3.8, 4) is 5.75 Å². The van der Waals surface area contributed by atoms with Crippen LogP contribution < -0.4 is 10.7 Å². The molecule has 300 valence electrons. The van der Waals surface area contributed by atoms with Crippen LogP contribution in [0.3, 0.4) is 0 Å². The normalized spacial score (nSPS) is 12.8. The van der Waals surface area contributed by atoms with E-state index in [1.807, 2.05) is 130 Å². The number of rotatable bonds is 15. The van der Waals surface area contributed by atoms with Gasteiger partial charge < -0.3 is 20.6 Å². The summed E-state index contributed by atoms with van der Waals surface area (Å²) in [5.74, 6) is 0.194. The van der Waals surface area contributed by atoms with Crippen molar-refractivity contribution in [1.29, 1.82) is 0 Å². The molecular formula is C49H46N8O3. The van der Waals surface area contributed by atoms with E-state index in [0.29, 0.717) is 40.8 Å². The van der Waals surface area contributed by atoms with E-state index in [9.17, 15) is 10.0 Å². The molecule has 3 N–H and O–H groups in total. The van der Waals surface area contributed by atoms with Crippen LogP contribution in [0.1, 0.15) is 30.5 Å². The zero-order valence-electron chi connectivity index (χ0n) is 34.1. The first-order valence-corrected chi connectivity index (χ1v) is 19.8. The first kappa shape index (κ1) is 40.7. The number of hydrazone groups is 1. The summed E-state index contributed by atoms with van der Waals surface area (Å²) in [5.41, 5.74) is 7.40. The Morgan fingerprint density at radius 2 is 1.42 bits per heavy atom. The molecule has 1 atom stereocenters. The lowest BCUT2D eigenvalue weighted by Gasteiger charge is -2.14. The first-order valence-electron chi connectivity index (χ1n) is 19.8. The molecule has 0 saturated heterocycles. The number of phenols is 1. The zero-order chi connectivity index (χ0) is 42.0. The molecule has 0 bridgehead atoms. The summed E-state index contributed by atoms with van der Waals surface area (Å²) in [7, 11) is 1.72. The number of ether oxygens (including phenoxy) is 1. The molecule has 7 rings (SSSR count). The van der Waals surface area contributed by atoms with Crippen molar-refractivity contribution in [1.82, 2.24) is 10.7 Å². The van der Waals surface area contributed by atoms with Gasteiger partial charge in [0.05, 0.1) is 18.2 Å². The number of fused-ring (bicyclic) bond motifs is 4. The summed E-state index contributed by atoms with van der Waals surface area (Å²) in [4.78, 5) is 11.9. The Balaban J connectivity index is 1.05. The van der Waals surface area contributed by atoms with Crippen molar-refractivity contribution in [3.05, 3.63) is 162 Å². The molecule has 7 aromatic rings. The lowest BCUT2D eigenvalue weighted by Crippen LogP contribution is -2.18. The van der Waals surface area contributed by atoms with Crippen molar-refractivity contribution in [2.24, 2.45) is 36.7 Å². The van der Waals surface area contributed by atoms with E-state index >= 15 is 0 Å². The number of aromatic hydroxyl groups is 1. The quantitative estimate of drug-likeness (QED) is 0.0180. The number of benzene rings is 7. The van der Waals surface area contributed by atoms with Crippen LogP contribution in [0.4, 0.5) is 22.7 Å². The van der Waals surface area contributed by atoms with Crippen LogP contribution in [-0.2, 0) is 11.3 Å². The molecule has 60 heavy (non-hydrogen) atoms. The molecule has 0 fully saturated rings. The monoisotopic (exact) mass is 794 g/mol. The van der Waals surface area contributed by atoms with Crippen LogP contribution in [0.15, 0.2) is 171 Å². The maximum absolute atomic E-state index is 11.9. The highest BCUT2D eigenvalue weighted by atomic mass is 16.5. The second-order valence-corrected chi connectivity index (χ2v) is 14.2. The highest BCUT2D eigenvalue weighted by molar-refractivity contribution is 6.07. The molecule has 0 saturated carbocycles. The Morgan fingerprint density at radius 3 is 2.03 bits per heavy atom. The fraction of sp³-hybridized carbons (Fsp3) is 0.163. The van der Waals surface area contributed by atoms with Gasteiger partial charge in [-0.1, -0.05) is 91.5 Å². The van der Waals surface area contributed by atoms with Gasteiger partial charge in [0.15, 0.2) is 5.75 Å². The van der Waals surface area contributed by atoms with Gasteiger partial charge in [0.2, 0.25) is 5.90 Å². The number of phenolic OH excluding ortho intramolecular Hbond substituents is 1. The van der Waals surface area contributed by atoms with Crippen LogP contribution in [0.5, 0.6) is 5.75 Å². The fourth-order valence-corrected chi connectivity index (χ4v) is 7.16. The highest BCUT2D eigenvalue weighted by Gasteiger charge is 2.17. The van der Waals surface area contributed by atoms with Gasteiger partial charge >= 0.3 is 0 Å². The topological polar surface area (TPSA) is 145 Å². The van der Waals surface area contributed by atoms with Gasteiger partial charge in [-0.05, 0) is 118 Å². The molecule has 0 radical (unpaired) electrons. The summed E-state index contributed by atoms with van der Waals surface area (Å²) in [6.45, 7) is 11.1. The lowest BCUT2D eigenvalue weighted by molar-refractivity contribution is 0.277. The summed E-state index contributed by atoms with van der Waals surface area (Å²) in [6, 6.07) is 35.8. The summed E-state index contributed by atoms with van der Waals surface area (Å²) in [5, 5.41) is 48.2. The molecule has 0 aliphatic rings. The van der Waals surface area contributed by atoms with Crippen molar-refractivity contribution in [2.45, 2.75) is 27.4 Å². The van der Waals surface area contributed by atoms with Gasteiger partial charge in [-0.15, -0.1) is 15.1 Å². The minimum absolute atomic E-state index is 0.0225. The van der Waals surface area contributed by atoms with Crippen LogP contribution in [-0.4, -0.2) is 31.1 Å².